The van der Waals surface area contributed by atoms with Crippen LogP contribution in [0.5, 0.6) is 0 Å². The lowest BCUT2D eigenvalue weighted by Crippen LogP contribution is -2.66. The van der Waals surface area contributed by atoms with E-state index in [-0.39, 0.29) is 35.3 Å². The highest BCUT2D eigenvalue weighted by atomic mass is 35.5. The minimum absolute atomic E-state index is 0.0147. The van der Waals surface area contributed by atoms with E-state index in [0.717, 1.165) is 0 Å². The zero-order valence-corrected chi connectivity index (χ0v) is 11.9. The number of β-amino-alcohol motifs (C(OH)–C–C–N with tert-alkyl or cyclic N) is 1. The van der Waals surface area contributed by atoms with E-state index in [4.69, 9.17) is 11.6 Å². The summed E-state index contributed by atoms with van der Waals surface area (Å²) in [5.41, 5.74) is -1.24. The second kappa shape index (κ2) is 5.03. The SMILES string of the molecule is CC(C)C1(O)CN(C(=O)c2cc(Cl)ccc2[N+](=O)[O-])C1. The molecule has 1 fully saturated rings. The summed E-state index contributed by atoms with van der Waals surface area (Å²) in [4.78, 5) is 24.0. The molecule has 0 aliphatic carbocycles. The van der Waals surface area contributed by atoms with Crippen molar-refractivity contribution in [2.24, 2.45) is 5.92 Å². The fraction of sp³-hybridized carbons (Fsp3) is 0.462. The number of rotatable bonds is 3. The number of hydrogen-bond donors (Lipinski definition) is 1. The summed E-state index contributed by atoms with van der Waals surface area (Å²) < 4.78 is 0. The molecule has 1 N–H and O–H groups in total. The number of halogens is 1. The molecule has 0 aromatic heterocycles. The van der Waals surface area contributed by atoms with Crippen molar-refractivity contribution in [2.45, 2.75) is 19.4 Å². The van der Waals surface area contributed by atoms with Crippen LogP contribution in [0.2, 0.25) is 5.02 Å². The summed E-state index contributed by atoms with van der Waals surface area (Å²) in [6, 6.07) is 3.87. The quantitative estimate of drug-likeness (QED) is 0.684. The average molecular weight is 299 g/mol. The highest BCUT2D eigenvalue weighted by Crippen LogP contribution is 2.32. The first-order chi connectivity index (χ1) is 9.24. The van der Waals surface area contributed by atoms with E-state index in [0.29, 0.717) is 0 Å². The summed E-state index contributed by atoms with van der Waals surface area (Å²) >= 11 is 5.80. The molecule has 0 spiro atoms. The zero-order chi connectivity index (χ0) is 15.1. The molecule has 0 unspecified atom stereocenters. The lowest BCUT2D eigenvalue weighted by atomic mass is 9.82. The van der Waals surface area contributed by atoms with Crippen LogP contribution in [0.1, 0.15) is 24.2 Å². The first-order valence-electron chi connectivity index (χ1n) is 6.20. The van der Waals surface area contributed by atoms with Crippen LogP contribution in [-0.2, 0) is 0 Å². The summed E-state index contributed by atoms with van der Waals surface area (Å²) in [7, 11) is 0. The third-order valence-corrected chi connectivity index (χ3v) is 3.91. The van der Waals surface area contributed by atoms with Crippen molar-refractivity contribution in [2.75, 3.05) is 13.1 Å². The Morgan fingerprint density at radius 2 is 2.10 bits per heavy atom. The van der Waals surface area contributed by atoms with E-state index in [1.54, 1.807) is 0 Å². The lowest BCUT2D eigenvalue weighted by Gasteiger charge is -2.48. The average Bonchev–Trinajstić information content (AvgIpc) is 2.33. The molecule has 0 saturated carbocycles. The Morgan fingerprint density at radius 1 is 1.50 bits per heavy atom. The van der Waals surface area contributed by atoms with Crippen LogP contribution >= 0.6 is 11.6 Å². The molecule has 0 radical (unpaired) electrons. The van der Waals surface area contributed by atoms with Crippen molar-refractivity contribution in [1.82, 2.24) is 4.90 Å². The Labute approximate surface area is 121 Å². The number of benzene rings is 1. The fourth-order valence-corrected chi connectivity index (χ4v) is 2.30. The smallest absolute Gasteiger partial charge is 0.282 e. The van der Waals surface area contributed by atoms with Gasteiger partial charge in [0.2, 0.25) is 0 Å². The largest absolute Gasteiger partial charge is 0.386 e. The van der Waals surface area contributed by atoms with E-state index in [9.17, 15) is 20.0 Å². The normalized spacial score (nSPS) is 16.9. The summed E-state index contributed by atoms with van der Waals surface area (Å²) in [5, 5.41) is 21.3. The molecule has 1 aliphatic heterocycles. The van der Waals surface area contributed by atoms with Crippen LogP contribution in [0.15, 0.2) is 18.2 Å². The number of carbonyl (C=O) groups is 1. The number of nitro benzene ring substituents is 1. The van der Waals surface area contributed by atoms with Crippen LogP contribution < -0.4 is 0 Å². The van der Waals surface area contributed by atoms with Gasteiger partial charge in [-0.1, -0.05) is 25.4 Å². The molecule has 1 aliphatic rings. The number of aliphatic hydroxyl groups is 1. The lowest BCUT2D eigenvalue weighted by molar-refractivity contribution is -0.385. The number of hydrogen-bond acceptors (Lipinski definition) is 4. The topological polar surface area (TPSA) is 83.7 Å². The van der Waals surface area contributed by atoms with Crippen molar-refractivity contribution in [3.8, 4) is 0 Å². The van der Waals surface area contributed by atoms with Gasteiger partial charge in [0.05, 0.1) is 18.0 Å². The Kier molecular flexibility index (Phi) is 3.71. The molecule has 7 heteroatoms. The second-order valence-electron chi connectivity index (χ2n) is 5.34. The first-order valence-corrected chi connectivity index (χ1v) is 6.58. The van der Waals surface area contributed by atoms with Gasteiger partial charge in [0, 0.05) is 11.1 Å². The molecule has 1 aromatic rings. The van der Waals surface area contributed by atoms with Gasteiger partial charge in [0.15, 0.2) is 0 Å². The van der Waals surface area contributed by atoms with E-state index >= 15 is 0 Å². The van der Waals surface area contributed by atoms with Gasteiger partial charge in [0.1, 0.15) is 11.2 Å². The molecule has 1 heterocycles. The van der Waals surface area contributed by atoms with Crippen molar-refractivity contribution < 1.29 is 14.8 Å². The maximum atomic E-state index is 12.3. The van der Waals surface area contributed by atoms with Gasteiger partial charge in [-0.15, -0.1) is 0 Å². The van der Waals surface area contributed by atoms with Crippen LogP contribution in [0.3, 0.4) is 0 Å². The van der Waals surface area contributed by atoms with Gasteiger partial charge in [-0.2, -0.15) is 0 Å². The van der Waals surface area contributed by atoms with E-state index < -0.39 is 16.4 Å². The Bertz CT molecular complexity index is 567. The second-order valence-corrected chi connectivity index (χ2v) is 5.77. The predicted molar refractivity (Wildman–Crippen MR) is 73.8 cm³/mol. The van der Waals surface area contributed by atoms with Crippen molar-refractivity contribution in [3.63, 3.8) is 0 Å². The van der Waals surface area contributed by atoms with Crippen molar-refractivity contribution in [3.05, 3.63) is 38.9 Å². The summed E-state index contributed by atoms with van der Waals surface area (Å²) in [6.07, 6.45) is 0. The van der Waals surface area contributed by atoms with E-state index in [1.807, 2.05) is 13.8 Å². The summed E-state index contributed by atoms with van der Waals surface area (Å²) in [6.45, 7) is 4.08. The number of likely N-dealkylation sites (tertiary alicyclic amines) is 1. The van der Waals surface area contributed by atoms with Crippen LogP contribution in [-0.4, -0.2) is 39.5 Å². The number of amides is 1. The molecular weight excluding hydrogens is 284 g/mol. The molecule has 108 valence electrons. The van der Waals surface area contributed by atoms with Gasteiger partial charge in [-0.3, -0.25) is 14.9 Å². The maximum absolute atomic E-state index is 12.3. The van der Waals surface area contributed by atoms with Gasteiger partial charge >= 0.3 is 0 Å². The summed E-state index contributed by atoms with van der Waals surface area (Å²) in [5.74, 6) is -0.467. The zero-order valence-electron chi connectivity index (χ0n) is 11.2. The molecule has 6 nitrogen and oxygen atoms in total. The molecule has 1 aromatic carbocycles. The highest BCUT2D eigenvalue weighted by molar-refractivity contribution is 6.31. The predicted octanol–water partition coefficient (Wildman–Crippen LogP) is 2.09. The Balaban J connectivity index is 2.23. The number of carbonyl (C=O) groups excluding carboxylic acids is 1. The third-order valence-electron chi connectivity index (χ3n) is 3.68. The molecule has 1 amide bonds. The minimum atomic E-state index is -0.914. The molecule has 1 saturated heterocycles. The van der Waals surface area contributed by atoms with E-state index in [1.165, 1.54) is 23.1 Å². The van der Waals surface area contributed by atoms with Crippen LogP contribution in [0.25, 0.3) is 0 Å². The standard InChI is InChI=1S/C13H15ClN2O4/c1-8(2)13(18)6-15(7-13)12(17)10-5-9(14)3-4-11(10)16(19)20/h3-5,8,18H,6-7H2,1-2H3. The first kappa shape index (κ1) is 14.7. The van der Waals surface area contributed by atoms with Crippen LogP contribution in [0, 0.1) is 16.0 Å². The Hall–Kier alpha value is -1.66. The maximum Gasteiger partial charge on any atom is 0.282 e. The van der Waals surface area contributed by atoms with Gasteiger partial charge in [-0.05, 0) is 18.1 Å². The minimum Gasteiger partial charge on any atom is -0.386 e. The van der Waals surface area contributed by atoms with Gasteiger partial charge in [-0.25, -0.2) is 0 Å². The van der Waals surface area contributed by atoms with Crippen molar-refractivity contribution >= 4 is 23.2 Å². The molecule has 2 rings (SSSR count). The molecular formula is C13H15ClN2O4. The highest BCUT2D eigenvalue weighted by Gasteiger charge is 2.46. The Morgan fingerprint density at radius 3 is 2.60 bits per heavy atom. The monoisotopic (exact) mass is 298 g/mol. The molecule has 0 atom stereocenters. The molecule has 20 heavy (non-hydrogen) atoms. The number of nitrogens with zero attached hydrogens (tertiary/aromatic N) is 2. The van der Waals surface area contributed by atoms with Gasteiger partial charge < -0.3 is 10.0 Å². The fourth-order valence-electron chi connectivity index (χ4n) is 2.13. The van der Waals surface area contributed by atoms with Gasteiger partial charge in [0.25, 0.3) is 11.6 Å². The number of nitro groups is 1. The van der Waals surface area contributed by atoms with E-state index in [2.05, 4.69) is 0 Å². The third kappa shape index (κ3) is 2.48. The molecule has 0 bridgehead atoms. The van der Waals surface area contributed by atoms with Crippen LogP contribution in [0.4, 0.5) is 5.69 Å². The van der Waals surface area contributed by atoms with Crippen molar-refractivity contribution in [1.29, 1.82) is 0 Å².